The minimum Gasteiger partial charge on any atom is -0.380 e. The molecule has 1 aromatic heterocycles. The number of rotatable bonds is 3. The van der Waals surface area contributed by atoms with Crippen LogP contribution in [0.25, 0.3) is 10.9 Å². The number of ether oxygens (including phenoxy) is 1. The van der Waals surface area contributed by atoms with E-state index in [0.29, 0.717) is 0 Å². The molecular weight excluding hydrogens is 210 g/mol. The third kappa shape index (κ3) is 2.16. The molecule has 0 aliphatic carbocycles. The van der Waals surface area contributed by atoms with Crippen LogP contribution in [-0.4, -0.2) is 17.8 Å². The minimum atomic E-state index is 0.219. The molecule has 0 spiro atoms. The zero-order chi connectivity index (χ0) is 10.8. The normalized spacial score (nSPS) is 13.3. The van der Waals surface area contributed by atoms with Gasteiger partial charge < -0.3 is 9.30 Å². The molecule has 2 aromatic rings. The molecule has 1 unspecified atom stereocenters. The summed E-state index contributed by atoms with van der Waals surface area (Å²) in [5.74, 6) is 0. The first-order valence-corrected chi connectivity index (χ1v) is 5.35. The van der Waals surface area contributed by atoms with Gasteiger partial charge in [-0.2, -0.15) is 0 Å². The summed E-state index contributed by atoms with van der Waals surface area (Å²) in [4.78, 5) is 0. The predicted molar refractivity (Wildman–Crippen MR) is 63.4 cm³/mol. The number of hydrogen-bond donors (Lipinski definition) is 0. The standard InChI is InChI=1S/C12H14ClNO/c1-9(15-2)8-14-6-5-10-7-11(13)3-4-12(10)14/h3-7,9H,8H2,1-2H3. The van der Waals surface area contributed by atoms with E-state index in [0.717, 1.165) is 11.6 Å². The van der Waals surface area contributed by atoms with Gasteiger partial charge in [-0.3, -0.25) is 0 Å². The summed E-state index contributed by atoms with van der Waals surface area (Å²) >= 11 is 5.93. The van der Waals surface area contributed by atoms with Gasteiger partial charge in [-0.15, -0.1) is 0 Å². The fourth-order valence-electron chi connectivity index (χ4n) is 1.68. The molecule has 0 bridgehead atoms. The fourth-order valence-corrected chi connectivity index (χ4v) is 1.86. The highest BCUT2D eigenvalue weighted by atomic mass is 35.5. The van der Waals surface area contributed by atoms with Gasteiger partial charge in [0.25, 0.3) is 0 Å². The van der Waals surface area contributed by atoms with E-state index >= 15 is 0 Å². The monoisotopic (exact) mass is 223 g/mol. The zero-order valence-corrected chi connectivity index (χ0v) is 9.66. The Labute approximate surface area is 94.4 Å². The smallest absolute Gasteiger partial charge is 0.0722 e. The Bertz CT molecular complexity index is 464. The van der Waals surface area contributed by atoms with Crippen molar-refractivity contribution >= 4 is 22.5 Å². The summed E-state index contributed by atoms with van der Waals surface area (Å²) in [6.07, 6.45) is 2.28. The lowest BCUT2D eigenvalue weighted by Gasteiger charge is -2.11. The Morgan fingerprint density at radius 2 is 2.20 bits per heavy atom. The number of hydrogen-bond acceptors (Lipinski definition) is 1. The van der Waals surface area contributed by atoms with Gasteiger partial charge in [0, 0.05) is 35.8 Å². The van der Waals surface area contributed by atoms with E-state index < -0.39 is 0 Å². The van der Waals surface area contributed by atoms with E-state index in [1.165, 1.54) is 10.9 Å². The molecule has 0 fully saturated rings. The summed E-state index contributed by atoms with van der Waals surface area (Å²) in [5.41, 5.74) is 1.20. The lowest BCUT2D eigenvalue weighted by Crippen LogP contribution is -2.13. The molecule has 0 saturated carbocycles. The summed E-state index contributed by atoms with van der Waals surface area (Å²) in [5, 5.41) is 1.95. The van der Waals surface area contributed by atoms with Crippen LogP contribution in [0.2, 0.25) is 5.02 Å². The van der Waals surface area contributed by atoms with Crippen molar-refractivity contribution in [3.8, 4) is 0 Å². The number of aromatic nitrogens is 1. The van der Waals surface area contributed by atoms with Crippen LogP contribution in [-0.2, 0) is 11.3 Å². The van der Waals surface area contributed by atoms with Crippen molar-refractivity contribution in [3.63, 3.8) is 0 Å². The first kappa shape index (κ1) is 10.5. The Morgan fingerprint density at radius 3 is 2.93 bits per heavy atom. The fraction of sp³-hybridized carbons (Fsp3) is 0.333. The van der Waals surface area contributed by atoms with Crippen LogP contribution in [0.4, 0.5) is 0 Å². The number of benzene rings is 1. The van der Waals surface area contributed by atoms with Gasteiger partial charge in [0.15, 0.2) is 0 Å². The van der Waals surface area contributed by atoms with E-state index in [2.05, 4.69) is 23.8 Å². The molecule has 0 radical (unpaired) electrons. The second-order valence-electron chi connectivity index (χ2n) is 3.72. The predicted octanol–water partition coefficient (Wildman–Crippen LogP) is 3.33. The van der Waals surface area contributed by atoms with Crippen LogP contribution in [0.3, 0.4) is 0 Å². The maximum Gasteiger partial charge on any atom is 0.0722 e. The van der Waals surface area contributed by atoms with Crippen molar-refractivity contribution in [2.75, 3.05) is 7.11 Å². The van der Waals surface area contributed by atoms with Gasteiger partial charge in [0.1, 0.15) is 0 Å². The second-order valence-corrected chi connectivity index (χ2v) is 4.15. The number of methoxy groups -OCH3 is 1. The van der Waals surface area contributed by atoms with E-state index in [4.69, 9.17) is 16.3 Å². The number of halogens is 1. The SMILES string of the molecule is COC(C)Cn1ccc2cc(Cl)ccc21. The number of fused-ring (bicyclic) bond motifs is 1. The maximum atomic E-state index is 5.93. The molecule has 1 aromatic carbocycles. The van der Waals surface area contributed by atoms with Gasteiger partial charge in [-0.1, -0.05) is 11.6 Å². The third-order valence-electron chi connectivity index (χ3n) is 2.59. The summed E-state index contributed by atoms with van der Waals surface area (Å²) in [6.45, 7) is 2.92. The first-order chi connectivity index (χ1) is 7.20. The molecular formula is C12H14ClNO. The average molecular weight is 224 g/mol. The Balaban J connectivity index is 2.36. The van der Waals surface area contributed by atoms with Crippen molar-refractivity contribution in [1.82, 2.24) is 4.57 Å². The van der Waals surface area contributed by atoms with Gasteiger partial charge in [0.05, 0.1) is 6.10 Å². The van der Waals surface area contributed by atoms with Crippen molar-refractivity contribution in [2.24, 2.45) is 0 Å². The first-order valence-electron chi connectivity index (χ1n) is 4.98. The maximum absolute atomic E-state index is 5.93. The molecule has 1 heterocycles. The van der Waals surface area contributed by atoms with Crippen LogP contribution < -0.4 is 0 Å². The zero-order valence-electron chi connectivity index (χ0n) is 8.90. The van der Waals surface area contributed by atoms with Crippen LogP contribution >= 0.6 is 11.6 Å². The summed E-state index contributed by atoms with van der Waals surface area (Å²) in [7, 11) is 1.73. The quantitative estimate of drug-likeness (QED) is 0.779. The lowest BCUT2D eigenvalue weighted by atomic mass is 10.2. The summed E-state index contributed by atoms with van der Waals surface area (Å²) < 4.78 is 7.43. The molecule has 0 aliphatic heterocycles. The molecule has 3 heteroatoms. The van der Waals surface area contributed by atoms with Crippen molar-refractivity contribution in [1.29, 1.82) is 0 Å². The van der Waals surface area contributed by atoms with Crippen molar-refractivity contribution in [2.45, 2.75) is 19.6 Å². The average Bonchev–Trinajstić information content (AvgIpc) is 2.60. The largest absolute Gasteiger partial charge is 0.380 e. The van der Waals surface area contributed by atoms with Gasteiger partial charge in [-0.25, -0.2) is 0 Å². The van der Waals surface area contributed by atoms with E-state index in [1.54, 1.807) is 7.11 Å². The molecule has 80 valence electrons. The van der Waals surface area contributed by atoms with Crippen LogP contribution in [0.15, 0.2) is 30.5 Å². The second kappa shape index (κ2) is 4.25. The highest BCUT2D eigenvalue weighted by Crippen LogP contribution is 2.20. The molecule has 0 N–H and O–H groups in total. The topological polar surface area (TPSA) is 14.2 Å². The molecule has 1 atom stereocenters. The van der Waals surface area contributed by atoms with Crippen molar-refractivity contribution in [3.05, 3.63) is 35.5 Å². The van der Waals surface area contributed by atoms with Gasteiger partial charge in [0.2, 0.25) is 0 Å². The van der Waals surface area contributed by atoms with E-state index in [-0.39, 0.29) is 6.10 Å². The highest BCUT2D eigenvalue weighted by molar-refractivity contribution is 6.31. The molecule has 0 saturated heterocycles. The van der Waals surface area contributed by atoms with Crippen LogP contribution in [0.5, 0.6) is 0 Å². The molecule has 0 aliphatic rings. The van der Waals surface area contributed by atoms with E-state index in [1.807, 2.05) is 18.2 Å². The molecule has 2 nitrogen and oxygen atoms in total. The molecule has 0 amide bonds. The van der Waals surface area contributed by atoms with Crippen LogP contribution in [0, 0.1) is 0 Å². The highest BCUT2D eigenvalue weighted by Gasteiger charge is 2.05. The Hall–Kier alpha value is -0.990. The minimum absolute atomic E-state index is 0.219. The lowest BCUT2D eigenvalue weighted by molar-refractivity contribution is 0.104. The van der Waals surface area contributed by atoms with E-state index in [9.17, 15) is 0 Å². The number of nitrogens with zero attached hydrogens (tertiary/aromatic N) is 1. The van der Waals surface area contributed by atoms with Crippen molar-refractivity contribution < 1.29 is 4.74 Å². The molecule has 2 rings (SSSR count). The van der Waals surface area contributed by atoms with Crippen LogP contribution in [0.1, 0.15) is 6.92 Å². The third-order valence-corrected chi connectivity index (χ3v) is 2.82. The summed E-state index contributed by atoms with van der Waals surface area (Å²) in [6, 6.07) is 8.01. The van der Waals surface area contributed by atoms with Gasteiger partial charge >= 0.3 is 0 Å². The Morgan fingerprint density at radius 1 is 1.40 bits per heavy atom. The Kier molecular flexibility index (Phi) is 2.98. The molecule has 15 heavy (non-hydrogen) atoms. The van der Waals surface area contributed by atoms with Gasteiger partial charge in [-0.05, 0) is 31.2 Å².